The lowest BCUT2D eigenvalue weighted by Gasteiger charge is -2.30. The van der Waals surface area contributed by atoms with E-state index in [9.17, 15) is 5.26 Å². The molecule has 0 saturated carbocycles. The van der Waals surface area contributed by atoms with Crippen molar-refractivity contribution in [3.05, 3.63) is 47.7 Å². The van der Waals surface area contributed by atoms with Crippen LogP contribution in [0.1, 0.15) is 51.0 Å². The molecule has 2 aromatic heterocycles. The second kappa shape index (κ2) is 7.84. The van der Waals surface area contributed by atoms with Gasteiger partial charge in [-0.25, -0.2) is 4.98 Å². The molecule has 2 atom stereocenters. The molecule has 31 heavy (non-hydrogen) atoms. The minimum Gasteiger partial charge on any atom is -0.378 e. The zero-order valence-corrected chi connectivity index (χ0v) is 18.1. The number of benzene rings is 1. The van der Waals surface area contributed by atoms with E-state index in [1.54, 1.807) is 0 Å². The van der Waals surface area contributed by atoms with Crippen LogP contribution in [0, 0.1) is 17.2 Å². The number of nitriles is 1. The Labute approximate surface area is 181 Å². The number of hydrogen-bond donors (Lipinski definition) is 2. The second-order valence-electron chi connectivity index (χ2n) is 8.70. The minimum atomic E-state index is 0.200. The molecule has 0 amide bonds. The van der Waals surface area contributed by atoms with Gasteiger partial charge in [0, 0.05) is 29.9 Å². The van der Waals surface area contributed by atoms with Crippen LogP contribution in [0.15, 0.2) is 36.3 Å². The lowest BCUT2D eigenvalue weighted by molar-refractivity contribution is 0.00589. The molecule has 1 aromatic carbocycles. The van der Waals surface area contributed by atoms with Gasteiger partial charge in [-0.3, -0.25) is 9.99 Å². The average Bonchev–Trinajstić information content (AvgIpc) is 3.38. The van der Waals surface area contributed by atoms with Crippen LogP contribution in [0.4, 0.5) is 0 Å². The van der Waals surface area contributed by atoms with Crippen LogP contribution in [-0.4, -0.2) is 32.3 Å². The Morgan fingerprint density at radius 2 is 2.19 bits per heavy atom. The normalized spacial score (nSPS) is 21.5. The SMILES string of the molecule is CC(C)C1=CN(Cc2nc3cnc4ccc(C#N)cc4c3n2[C@@H]2CCO[C@H](C)C2)NN1. The smallest absolute Gasteiger partial charge is 0.131 e. The Hall–Kier alpha value is -3.15. The van der Waals surface area contributed by atoms with Gasteiger partial charge in [-0.2, -0.15) is 5.26 Å². The first-order valence-corrected chi connectivity index (χ1v) is 10.8. The van der Waals surface area contributed by atoms with Crippen molar-refractivity contribution >= 4 is 21.9 Å². The molecule has 3 aromatic rings. The first-order chi connectivity index (χ1) is 15.0. The number of aromatic nitrogens is 3. The molecule has 1 fully saturated rings. The lowest BCUT2D eigenvalue weighted by Crippen LogP contribution is -2.37. The van der Waals surface area contributed by atoms with Crippen molar-refractivity contribution in [3.8, 4) is 6.07 Å². The van der Waals surface area contributed by atoms with E-state index in [0.29, 0.717) is 18.0 Å². The second-order valence-corrected chi connectivity index (χ2v) is 8.70. The Kier molecular flexibility index (Phi) is 5.00. The molecular weight excluding hydrogens is 390 g/mol. The summed E-state index contributed by atoms with van der Waals surface area (Å²) in [5, 5.41) is 12.5. The standard InChI is InChI=1S/C23H27N7O/c1-14(2)21-12-29(28-27-21)13-22-26-20-11-25-19-5-4-16(10-24)9-18(19)23(20)30(22)17-6-7-31-15(3)8-17/h4-5,9,11-12,14-15,17,27-28H,6-8,13H2,1-3H3/t15-,17-/m1/s1. The highest BCUT2D eigenvalue weighted by Gasteiger charge is 2.27. The van der Waals surface area contributed by atoms with Crippen LogP contribution in [-0.2, 0) is 11.3 Å². The van der Waals surface area contributed by atoms with Gasteiger partial charge in [-0.05, 0) is 43.9 Å². The number of rotatable bonds is 4. The molecule has 1 saturated heterocycles. The maximum Gasteiger partial charge on any atom is 0.131 e. The predicted octanol–water partition coefficient (Wildman–Crippen LogP) is 3.52. The summed E-state index contributed by atoms with van der Waals surface area (Å²) in [6, 6.07) is 8.21. The van der Waals surface area contributed by atoms with Crippen molar-refractivity contribution in [2.45, 2.75) is 52.3 Å². The first kappa shape index (κ1) is 19.8. The summed E-state index contributed by atoms with van der Waals surface area (Å²) in [6.07, 6.45) is 6.01. The quantitative estimate of drug-likeness (QED) is 0.671. The number of fused-ring (bicyclic) bond motifs is 3. The van der Waals surface area contributed by atoms with E-state index in [1.165, 1.54) is 0 Å². The van der Waals surface area contributed by atoms with Crippen molar-refractivity contribution in [1.82, 2.24) is 30.5 Å². The Balaban J connectivity index is 1.66. The Morgan fingerprint density at radius 3 is 2.94 bits per heavy atom. The monoisotopic (exact) mass is 417 g/mol. The minimum absolute atomic E-state index is 0.200. The third-order valence-electron chi connectivity index (χ3n) is 6.11. The molecule has 0 radical (unpaired) electrons. The summed E-state index contributed by atoms with van der Waals surface area (Å²) in [7, 11) is 0. The van der Waals surface area contributed by atoms with E-state index in [2.05, 4.69) is 53.6 Å². The number of allylic oxidation sites excluding steroid dienone is 1. The van der Waals surface area contributed by atoms with E-state index in [0.717, 1.165) is 52.9 Å². The fraction of sp³-hybridized carbons (Fsp3) is 0.435. The number of hydrogen-bond acceptors (Lipinski definition) is 7. The van der Waals surface area contributed by atoms with Gasteiger partial charge in [0.05, 0.1) is 41.5 Å². The highest BCUT2D eigenvalue weighted by Crippen LogP contribution is 2.34. The third kappa shape index (κ3) is 3.60. The van der Waals surface area contributed by atoms with Crippen LogP contribution in [0.3, 0.4) is 0 Å². The largest absolute Gasteiger partial charge is 0.378 e. The molecule has 5 rings (SSSR count). The van der Waals surface area contributed by atoms with Gasteiger partial charge in [0.25, 0.3) is 0 Å². The number of imidazole rings is 1. The summed E-state index contributed by atoms with van der Waals surface area (Å²) in [6.45, 7) is 7.80. The predicted molar refractivity (Wildman–Crippen MR) is 118 cm³/mol. The molecule has 2 aliphatic heterocycles. The van der Waals surface area contributed by atoms with Crippen molar-refractivity contribution in [2.24, 2.45) is 5.92 Å². The molecule has 0 spiro atoms. The summed E-state index contributed by atoms with van der Waals surface area (Å²) >= 11 is 0. The summed E-state index contributed by atoms with van der Waals surface area (Å²) < 4.78 is 8.19. The molecule has 2 N–H and O–H groups in total. The van der Waals surface area contributed by atoms with Crippen LogP contribution >= 0.6 is 0 Å². The Morgan fingerprint density at radius 1 is 1.32 bits per heavy atom. The third-order valence-corrected chi connectivity index (χ3v) is 6.11. The fourth-order valence-electron chi connectivity index (χ4n) is 4.51. The summed E-state index contributed by atoms with van der Waals surface area (Å²) in [4.78, 5) is 9.59. The van der Waals surface area contributed by atoms with E-state index in [-0.39, 0.29) is 12.1 Å². The first-order valence-electron chi connectivity index (χ1n) is 10.8. The highest BCUT2D eigenvalue weighted by molar-refractivity contribution is 6.02. The van der Waals surface area contributed by atoms with Gasteiger partial charge in [-0.15, -0.1) is 5.53 Å². The van der Waals surface area contributed by atoms with Gasteiger partial charge in [0.2, 0.25) is 0 Å². The van der Waals surface area contributed by atoms with E-state index in [1.807, 2.05) is 29.4 Å². The van der Waals surface area contributed by atoms with Gasteiger partial charge in [-0.1, -0.05) is 13.8 Å². The lowest BCUT2D eigenvalue weighted by atomic mass is 10.0. The number of hydrazine groups is 2. The number of ether oxygens (including phenoxy) is 1. The maximum absolute atomic E-state index is 9.45. The average molecular weight is 418 g/mol. The molecule has 0 aliphatic carbocycles. The van der Waals surface area contributed by atoms with E-state index < -0.39 is 0 Å². The fourth-order valence-corrected chi connectivity index (χ4v) is 4.51. The van der Waals surface area contributed by atoms with Crippen molar-refractivity contribution in [3.63, 3.8) is 0 Å². The number of pyridine rings is 1. The van der Waals surface area contributed by atoms with Gasteiger partial charge >= 0.3 is 0 Å². The number of nitrogens with one attached hydrogen (secondary N) is 2. The Bertz CT molecular complexity index is 1210. The van der Waals surface area contributed by atoms with Crippen molar-refractivity contribution in [1.29, 1.82) is 5.26 Å². The molecule has 0 unspecified atom stereocenters. The molecule has 160 valence electrons. The van der Waals surface area contributed by atoms with E-state index in [4.69, 9.17) is 9.72 Å². The zero-order valence-electron chi connectivity index (χ0n) is 18.1. The zero-order chi connectivity index (χ0) is 21.5. The van der Waals surface area contributed by atoms with Crippen LogP contribution in [0.5, 0.6) is 0 Å². The molecule has 2 aliphatic rings. The molecule has 4 heterocycles. The van der Waals surface area contributed by atoms with Crippen molar-refractivity contribution < 1.29 is 4.74 Å². The van der Waals surface area contributed by atoms with Crippen molar-refractivity contribution in [2.75, 3.05) is 6.61 Å². The summed E-state index contributed by atoms with van der Waals surface area (Å²) in [5.41, 5.74) is 11.0. The highest BCUT2D eigenvalue weighted by atomic mass is 16.5. The summed E-state index contributed by atoms with van der Waals surface area (Å²) in [5.74, 6) is 1.38. The van der Waals surface area contributed by atoms with Gasteiger partial charge in [0.1, 0.15) is 11.3 Å². The molecular formula is C23H27N7O. The van der Waals surface area contributed by atoms with Gasteiger partial charge < -0.3 is 14.7 Å². The molecule has 0 bridgehead atoms. The molecule has 8 heteroatoms. The van der Waals surface area contributed by atoms with Gasteiger partial charge in [0.15, 0.2) is 0 Å². The van der Waals surface area contributed by atoms with Crippen LogP contribution in [0.2, 0.25) is 0 Å². The van der Waals surface area contributed by atoms with Crippen LogP contribution < -0.4 is 11.0 Å². The topological polar surface area (TPSA) is 91.0 Å². The number of nitrogens with zero attached hydrogens (tertiary/aromatic N) is 5. The van der Waals surface area contributed by atoms with Crippen LogP contribution in [0.25, 0.3) is 21.9 Å². The maximum atomic E-state index is 9.45. The van der Waals surface area contributed by atoms with E-state index >= 15 is 0 Å². The molecule has 8 nitrogen and oxygen atoms in total.